The molecule has 4 heteroatoms. The summed E-state index contributed by atoms with van der Waals surface area (Å²) in [6, 6.07) is 5.82. The van der Waals surface area contributed by atoms with Gasteiger partial charge >= 0.3 is 0 Å². The molecule has 1 fully saturated rings. The minimum atomic E-state index is 0.594. The van der Waals surface area contributed by atoms with Gasteiger partial charge in [-0.15, -0.1) is 0 Å². The summed E-state index contributed by atoms with van der Waals surface area (Å²) in [5, 5.41) is 2.99. The van der Waals surface area contributed by atoms with Gasteiger partial charge in [-0.05, 0) is 30.5 Å². The molecule has 0 aliphatic heterocycles. The minimum absolute atomic E-state index is 0.594. The second-order valence-corrected chi connectivity index (χ2v) is 4.54. The minimum Gasteiger partial charge on any atom is -0.457 e. The van der Waals surface area contributed by atoms with Crippen molar-refractivity contribution in [1.82, 2.24) is 9.97 Å². The Morgan fingerprint density at radius 1 is 1.35 bits per heavy atom. The van der Waals surface area contributed by atoms with E-state index in [4.69, 9.17) is 4.42 Å². The van der Waals surface area contributed by atoms with Gasteiger partial charge in [-0.25, -0.2) is 9.97 Å². The molecule has 0 saturated heterocycles. The number of nitrogens with one attached hydrogen (secondary N) is 1. The normalized spacial score (nSPS) is 22.5. The van der Waals surface area contributed by atoms with Crippen molar-refractivity contribution >= 4 is 5.82 Å². The highest BCUT2D eigenvalue weighted by Crippen LogP contribution is 2.47. The molecule has 2 aromatic heterocycles. The average molecular weight is 229 g/mol. The van der Waals surface area contributed by atoms with Crippen molar-refractivity contribution in [3.8, 4) is 11.6 Å². The standard InChI is InChI=1S/C13H15N3O/c1-8-7-9(8)10-3-4-11(17-10)13-15-6-5-12(14-2)16-13/h3-6,8-9H,7H2,1-2H3,(H,14,15,16). The SMILES string of the molecule is CNc1ccnc(-c2ccc(C3CC3C)o2)n1. The van der Waals surface area contributed by atoms with Gasteiger partial charge in [0.25, 0.3) is 0 Å². The molecule has 1 saturated carbocycles. The Morgan fingerprint density at radius 2 is 2.18 bits per heavy atom. The van der Waals surface area contributed by atoms with E-state index >= 15 is 0 Å². The Balaban J connectivity index is 1.90. The molecule has 4 nitrogen and oxygen atoms in total. The molecule has 2 unspecified atom stereocenters. The molecule has 0 aromatic carbocycles. The number of rotatable bonds is 3. The predicted octanol–water partition coefficient (Wildman–Crippen LogP) is 2.90. The lowest BCUT2D eigenvalue weighted by molar-refractivity contribution is 0.515. The first-order valence-corrected chi connectivity index (χ1v) is 5.89. The molecule has 2 aromatic rings. The van der Waals surface area contributed by atoms with Gasteiger partial charge in [-0.3, -0.25) is 0 Å². The van der Waals surface area contributed by atoms with Gasteiger partial charge in [0, 0.05) is 19.2 Å². The number of nitrogens with zero attached hydrogens (tertiary/aromatic N) is 2. The van der Waals surface area contributed by atoms with Crippen LogP contribution < -0.4 is 5.32 Å². The zero-order valence-electron chi connectivity index (χ0n) is 9.97. The van der Waals surface area contributed by atoms with Crippen LogP contribution in [-0.2, 0) is 0 Å². The summed E-state index contributed by atoms with van der Waals surface area (Å²) in [7, 11) is 1.84. The summed E-state index contributed by atoms with van der Waals surface area (Å²) in [6.45, 7) is 2.24. The molecule has 1 aliphatic carbocycles. The molecule has 0 radical (unpaired) electrons. The Bertz CT molecular complexity index is 535. The molecule has 3 rings (SSSR count). The lowest BCUT2D eigenvalue weighted by Crippen LogP contribution is -1.94. The largest absolute Gasteiger partial charge is 0.457 e. The number of hydrogen-bond acceptors (Lipinski definition) is 4. The molecule has 0 spiro atoms. The van der Waals surface area contributed by atoms with E-state index in [-0.39, 0.29) is 0 Å². The van der Waals surface area contributed by atoms with Crippen LogP contribution in [-0.4, -0.2) is 17.0 Å². The van der Waals surface area contributed by atoms with Gasteiger partial charge in [0.15, 0.2) is 11.6 Å². The van der Waals surface area contributed by atoms with Gasteiger partial charge in [0.05, 0.1) is 0 Å². The predicted molar refractivity (Wildman–Crippen MR) is 65.8 cm³/mol. The number of hydrogen-bond donors (Lipinski definition) is 1. The third-order valence-electron chi connectivity index (χ3n) is 3.23. The van der Waals surface area contributed by atoms with Crippen LogP contribution in [0.25, 0.3) is 11.6 Å². The van der Waals surface area contributed by atoms with E-state index in [1.807, 2.05) is 25.2 Å². The Hall–Kier alpha value is -1.84. The molecule has 2 atom stereocenters. The first-order valence-electron chi connectivity index (χ1n) is 5.89. The van der Waals surface area contributed by atoms with Gasteiger partial charge in [0.1, 0.15) is 11.6 Å². The smallest absolute Gasteiger partial charge is 0.197 e. The number of anilines is 1. The molecular weight excluding hydrogens is 214 g/mol. The fraction of sp³-hybridized carbons (Fsp3) is 0.385. The van der Waals surface area contributed by atoms with Gasteiger partial charge in [0.2, 0.25) is 0 Å². The van der Waals surface area contributed by atoms with E-state index in [0.29, 0.717) is 11.7 Å². The van der Waals surface area contributed by atoms with Crippen molar-refractivity contribution in [2.45, 2.75) is 19.3 Å². The highest BCUT2D eigenvalue weighted by molar-refractivity contribution is 5.50. The van der Waals surface area contributed by atoms with Crippen molar-refractivity contribution in [3.63, 3.8) is 0 Å². The number of aromatic nitrogens is 2. The maximum Gasteiger partial charge on any atom is 0.197 e. The maximum absolute atomic E-state index is 5.81. The van der Waals surface area contributed by atoms with Crippen LogP contribution in [0.3, 0.4) is 0 Å². The highest BCUT2D eigenvalue weighted by Gasteiger charge is 2.36. The van der Waals surface area contributed by atoms with Crippen LogP contribution in [0, 0.1) is 5.92 Å². The summed E-state index contributed by atoms with van der Waals surface area (Å²) in [5.41, 5.74) is 0. The molecule has 0 bridgehead atoms. The Labute approximate surface area is 100 Å². The van der Waals surface area contributed by atoms with E-state index in [1.54, 1.807) is 6.20 Å². The van der Waals surface area contributed by atoms with Crippen molar-refractivity contribution < 1.29 is 4.42 Å². The molecule has 1 aliphatic rings. The lowest BCUT2D eigenvalue weighted by atomic mass is 10.3. The first-order chi connectivity index (χ1) is 8.28. The summed E-state index contributed by atoms with van der Waals surface area (Å²) < 4.78 is 5.81. The van der Waals surface area contributed by atoms with Crippen molar-refractivity contribution in [1.29, 1.82) is 0 Å². The first kappa shape index (κ1) is 10.3. The number of furan rings is 1. The molecule has 2 heterocycles. The zero-order valence-corrected chi connectivity index (χ0v) is 9.97. The van der Waals surface area contributed by atoms with Crippen LogP contribution in [0.1, 0.15) is 25.0 Å². The van der Waals surface area contributed by atoms with Crippen molar-refractivity contribution in [2.24, 2.45) is 5.92 Å². The maximum atomic E-state index is 5.81. The molecule has 88 valence electrons. The second-order valence-electron chi connectivity index (χ2n) is 4.54. The van der Waals surface area contributed by atoms with Crippen LogP contribution in [0.15, 0.2) is 28.8 Å². The fourth-order valence-corrected chi connectivity index (χ4v) is 2.01. The average Bonchev–Trinajstić information content (AvgIpc) is 2.92. The zero-order chi connectivity index (χ0) is 11.8. The quantitative estimate of drug-likeness (QED) is 0.879. The van der Waals surface area contributed by atoms with E-state index in [0.717, 1.165) is 23.3 Å². The van der Waals surface area contributed by atoms with Crippen LogP contribution in [0.2, 0.25) is 0 Å². The van der Waals surface area contributed by atoms with Crippen molar-refractivity contribution in [3.05, 3.63) is 30.2 Å². The molecule has 1 N–H and O–H groups in total. The van der Waals surface area contributed by atoms with E-state index in [9.17, 15) is 0 Å². The van der Waals surface area contributed by atoms with Crippen LogP contribution >= 0.6 is 0 Å². The Morgan fingerprint density at radius 3 is 2.88 bits per heavy atom. The van der Waals surface area contributed by atoms with Crippen LogP contribution in [0.4, 0.5) is 5.82 Å². The van der Waals surface area contributed by atoms with Crippen LogP contribution in [0.5, 0.6) is 0 Å². The third kappa shape index (κ3) is 1.90. The molecule has 17 heavy (non-hydrogen) atoms. The van der Waals surface area contributed by atoms with Gasteiger partial charge in [-0.2, -0.15) is 0 Å². The summed E-state index contributed by atoms with van der Waals surface area (Å²) in [4.78, 5) is 8.58. The molecular formula is C13H15N3O. The van der Waals surface area contributed by atoms with Gasteiger partial charge < -0.3 is 9.73 Å². The third-order valence-corrected chi connectivity index (χ3v) is 3.23. The second kappa shape index (κ2) is 3.87. The fourth-order valence-electron chi connectivity index (χ4n) is 2.01. The summed E-state index contributed by atoms with van der Waals surface area (Å²) in [5.74, 6) is 4.58. The summed E-state index contributed by atoms with van der Waals surface area (Å²) >= 11 is 0. The van der Waals surface area contributed by atoms with Crippen molar-refractivity contribution in [2.75, 3.05) is 12.4 Å². The van der Waals surface area contributed by atoms with Gasteiger partial charge in [-0.1, -0.05) is 6.92 Å². The van der Waals surface area contributed by atoms with E-state index in [1.165, 1.54) is 6.42 Å². The summed E-state index contributed by atoms with van der Waals surface area (Å²) in [6.07, 6.45) is 2.96. The molecule has 0 amide bonds. The van der Waals surface area contributed by atoms with E-state index in [2.05, 4.69) is 22.2 Å². The monoisotopic (exact) mass is 229 g/mol. The highest BCUT2D eigenvalue weighted by atomic mass is 16.3. The Kier molecular flexibility index (Phi) is 2.35. The topological polar surface area (TPSA) is 51.0 Å². The van der Waals surface area contributed by atoms with E-state index < -0.39 is 0 Å². The lowest BCUT2D eigenvalue weighted by Gasteiger charge is -2.00.